The van der Waals surface area contributed by atoms with Crippen LogP contribution in [-0.4, -0.2) is 17.1 Å². The smallest absolute Gasteiger partial charge is 0.275 e. The normalized spacial score (nSPS) is 16.2. The van der Waals surface area contributed by atoms with Crippen LogP contribution in [0.5, 0.6) is 5.75 Å². The number of hydrogen-bond donors (Lipinski definition) is 1. The molecule has 0 heterocycles. The molecule has 1 aliphatic carbocycles. The van der Waals surface area contributed by atoms with E-state index >= 15 is 0 Å². The Morgan fingerprint density at radius 2 is 2.00 bits per heavy atom. The molecule has 0 aliphatic heterocycles. The number of nitrogens with one attached hydrogen (secondary N) is 1. The minimum absolute atomic E-state index is 0.00397. The van der Waals surface area contributed by atoms with Crippen molar-refractivity contribution in [3.05, 3.63) is 28.3 Å². The molecule has 5 nitrogen and oxygen atoms in total. The highest BCUT2D eigenvalue weighted by molar-refractivity contribution is 5.57. The summed E-state index contributed by atoms with van der Waals surface area (Å²) < 4.78 is 5.56. The lowest BCUT2D eigenvalue weighted by Crippen LogP contribution is -2.17. The second-order valence-electron chi connectivity index (χ2n) is 5.41. The largest absolute Gasteiger partial charge is 0.491 e. The Morgan fingerprint density at radius 3 is 2.53 bits per heavy atom. The van der Waals surface area contributed by atoms with Gasteiger partial charge in [0.15, 0.2) is 0 Å². The zero-order chi connectivity index (χ0) is 14.0. The maximum Gasteiger partial charge on any atom is 0.275 e. The summed E-state index contributed by atoms with van der Waals surface area (Å²) in [6.07, 6.45) is 2.47. The summed E-state index contributed by atoms with van der Waals surface area (Å²) >= 11 is 0. The van der Waals surface area contributed by atoms with Crippen LogP contribution in [0.3, 0.4) is 0 Å². The Hall–Kier alpha value is -1.78. The Balaban J connectivity index is 2.19. The van der Waals surface area contributed by atoms with E-state index in [2.05, 4.69) is 12.2 Å². The molecule has 0 bridgehead atoms. The highest BCUT2D eigenvalue weighted by Gasteiger charge is 2.28. The molecule has 1 aromatic rings. The summed E-state index contributed by atoms with van der Waals surface area (Å²) in [5.74, 6) is 1.23. The molecule has 0 saturated heterocycles. The first kappa shape index (κ1) is 13.6. The van der Waals surface area contributed by atoms with Crippen LogP contribution < -0.4 is 10.1 Å². The van der Waals surface area contributed by atoms with Gasteiger partial charge in [-0.3, -0.25) is 10.1 Å². The van der Waals surface area contributed by atoms with Crippen LogP contribution >= 0.6 is 0 Å². The summed E-state index contributed by atoms with van der Waals surface area (Å²) in [6, 6.07) is 5.19. The standard InChI is InChI=1S/C14H20N2O3/c1-9(2)19-14-7-12(6-13(8-14)16(17)18)15-10(3)11-4-5-11/h6-11,15H,4-5H2,1-3H3. The van der Waals surface area contributed by atoms with Gasteiger partial charge in [0.25, 0.3) is 5.69 Å². The van der Waals surface area contributed by atoms with Crippen molar-refractivity contribution in [1.29, 1.82) is 0 Å². The van der Waals surface area contributed by atoms with E-state index in [1.165, 1.54) is 18.9 Å². The fourth-order valence-electron chi connectivity index (χ4n) is 2.09. The first-order valence-corrected chi connectivity index (χ1v) is 6.68. The van der Waals surface area contributed by atoms with Gasteiger partial charge in [0.2, 0.25) is 0 Å². The molecule has 1 saturated carbocycles. The molecule has 1 atom stereocenters. The summed E-state index contributed by atoms with van der Waals surface area (Å²) in [5.41, 5.74) is 0.813. The quantitative estimate of drug-likeness (QED) is 0.630. The van der Waals surface area contributed by atoms with Crippen LogP contribution in [0.25, 0.3) is 0 Å². The molecular formula is C14H20N2O3. The zero-order valence-electron chi connectivity index (χ0n) is 11.6. The van der Waals surface area contributed by atoms with Gasteiger partial charge in [-0.25, -0.2) is 0 Å². The third-order valence-corrected chi connectivity index (χ3v) is 3.20. The molecular weight excluding hydrogens is 244 g/mol. The lowest BCUT2D eigenvalue weighted by atomic mass is 10.2. The maximum atomic E-state index is 10.9. The molecule has 104 valence electrons. The Kier molecular flexibility index (Phi) is 3.93. The van der Waals surface area contributed by atoms with Gasteiger partial charge in [-0.1, -0.05) is 0 Å². The van der Waals surface area contributed by atoms with Crippen LogP contribution in [-0.2, 0) is 0 Å². The van der Waals surface area contributed by atoms with Crippen molar-refractivity contribution < 1.29 is 9.66 Å². The number of nitro groups is 1. The van der Waals surface area contributed by atoms with E-state index in [1.807, 2.05) is 19.9 Å². The first-order chi connectivity index (χ1) is 8.95. The van der Waals surface area contributed by atoms with Crippen LogP contribution in [0, 0.1) is 16.0 Å². The average molecular weight is 264 g/mol. The number of ether oxygens (including phenoxy) is 1. The molecule has 19 heavy (non-hydrogen) atoms. The highest BCUT2D eigenvalue weighted by Crippen LogP contribution is 2.35. The number of benzene rings is 1. The maximum absolute atomic E-state index is 10.9. The molecule has 1 N–H and O–H groups in total. The number of nitro benzene ring substituents is 1. The number of nitrogens with zero attached hydrogens (tertiary/aromatic N) is 1. The first-order valence-electron chi connectivity index (χ1n) is 6.68. The van der Waals surface area contributed by atoms with Crippen molar-refractivity contribution >= 4 is 11.4 Å². The van der Waals surface area contributed by atoms with Crippen LogP contribution in [0.4, 0.5) is 11.4 Å². The topological polar surface area (TPSA) is 64.4 Å². The van der Waals surface area contributed by atoms with E-state index in [9.17, 15) is 10.1 Å². The third-order valence-electron chi connectivity index (χ3n) is 3.20. The van der Waals surface area contributed by atoms with E-state index in [1.54, 1.807) is 6.07 Å². The van der Waals surface area contributed by atoms with Gasteiger partial charge >= 0.3 is 0 Å². The second-order valence-corrected chi connectivity index (χ2v) is 5.41. The van der Waals surface area contributed by atoms with Crippen molar-refractivity contribution in [2.75, 3.05) is 5.32 Å². The SMILES string of the molecule is CC(C)Oc1cc(NC(C)C2CC2)cc([N+](=O)[O-])c1. The summed E-state index contributed by atoms with van der Waals surface area (Å²) in [5, 5.41) is 14.3. The predicted molar refractivity (Wildman–Crippen MR) is 74.7 cm³/mol. The fourth-order valence-corrected chi connectivity index (χ4v) is 2.09. The van der Waals surface area contributed by atoms with Gasteiger partial charge in [-0.05, 0) is 39.5 Å². The molecule has 1 aliphatic rings. The van der Waals surface area contributed by atoms with Crippen LogP contribution in [0.1, 0.15) is 33.6 Å². The van der Waals surface area contributed by atoms with E-state index in [-0.39, 0.29) is 16.7 Å². The molecule has 0 amide bonds. The van der Waals surface area contributed by atoms with Crippen molar-refractivity contribution in [3.63, 3.8) is 0 Å². The van der Waals surface area contributed by atoms with Crippen molar-refractivity contribution in [2.24, 2.45) is 5.92 Å². The van der Waals surface area contributed by atoms with E-state index in [4.69, 9.17) is 4.74 Å². The molecule has 1 fully saturated rings. The number of non-ortho nitro benzene ring substituents is 1. The minimum atomic E-state index is -0.389. The lowest BCUT2D eigenvalue weighted by Gasteiger charge is -2.16. The van der Waals surface area contributed by atoms with Gasteiger partial charge < -0.3 is 10.1 Å². The van der Waals surface area contributed by atoms with Gasteiger partial charge in [0, 0.05) is 23.9 Å². The Bertz CT molecular complexity index is 470. The van der Waals surface area contributed by atoms with Gasteiger partial charge in [0.05, 0.1) is 17.1 Å². The van der Waals surface area contributed by atoms with Crippen molar-refractivity contribution in [3.8, 4) is 5.75 Å². The van der Waals surface area contributed by atoms with E-state index < -0.39 is 0 Å². The van der Waals surface area contributed by atoms with Gasteiger partial charge in [-0.2, -0.15) is 0 Å². The average Bonchev–Trinajstić information content (AvgIpc) is 3.10. The molecule has 1 aromatic carbocycles. The molecule has 0 aromatic heterocycles. The van der Waals surface area contributed by atoms with Crippen LogP contribution in [0.15, 0.2) is 18.2 Å². The third kappa shape index (κ3) is 3.84. The van der Waals surface area contributed by atoms with Crippen molar-refractivity contribution in [2.45, 2.75) is 45.8 Å². The molecule has 5 heteroatoms. The summed E-state index contributed by atoms with van der Waals surface area (Å²) in [7, 11) is 0. The molecule has 1 unspecified atom stereocenters. The molecule has 2 rings (SSSR count). The molecule has 0 radical (unpaired) electrons. The second kappa shape index (κ2) is 5.47. The van der Waals surface area contributed by atoms with Gasteiger partial charge in [0.1, 0.15) is 5.75 Å². The van der Waals surface area contributed by atoms with E-state index in [0.717, 1.165) is 5.69 Å². The summed E-state index contributed by atoms with van der Waals surface area (Å²) in [4.78, 5) is 10.6. The fraction of sp³-hybridized carbons (Fsp3) is 0.571. The van der Waals surface area contributed by atoms with Crippen LogP contribution in [0.2, 0.25) is 0 Å². The van der Waals surface area contributed by atoms with Gasteiger partial charge in [-0.15, -0.1) is 0 Å². The Morgan fingerprint density at radius 1 is 1.32 bits per heavy atom. The summed E-state index contributed by atoms with van der Waals surface area (Å²) in [6.45, 7) is 5.91. The number of hydrogen-bond acceptors (Lipinski definition) is 4. The minimum Gasteiger partial charge on any atom is -0.491 e. The monoisotopic (exact) mass is 264 g/mol. The number of anilines is 1. The Labute approximate surface area is 113 Å². The number of rotatable bonds is 6. The highest BCUT2D eigenvalue weighted by atomic mass is 16.6. The molecule has 0 spiro atoms. The van der Waals surface area contributed by atoms with E-state index in [0.29, 0.717) is 17.7 Å². The lowest BCUT2D eigenvalue weighted by molar-refractivity contribution is -0.384. The predicted octanol–water partition coefficient (Wildman–Crippen LogP) is 3.59. The van der Waals surface area contributed by atoms with Crippen molar-refractivity contribution in [1.82, 2.24) is 0 Å². The zero-order valence-corrected chi connectivity index (χ0v) is 11.6.